The normalized spacial score (nSPS) is 15.5. The summed E-state index contributed by atoms with van der Waals surface area (Å²) in [4.78, 5) is 11.4. The number of amides is 1. The molecule has 4 nitrogen and oxygen atoms in total. The monoisotopic (exact) mass is 223 g/mol. The molecular weight excluding hydrogens is 205 g/mol. The van der Waals surface area contributed by atoms with Crippen molar-refractivity contribution in [3.05, 3.63) is 23.4 Å². The van der Waals surface area contributed by atoms with Gasteiger partial charge in [0.1, 0.15) is 0 Å². The van der Waals surface area contributed by atoms with Crippen LogP contribution in [0.2, 0.25) is 0 Å². The number of rotatable bonds is 5. The van der Waals surface area contributed by atoms with Crippen molar-refractivity contribution in [2.45, 2.75) is 26.7 Å². The lowest BCUT2D eigenvalue weighted by molar-refractivity contribution is -0.123. The van der Waals surface area contributed by atoms with E-state index in [9.17, 15) is 4.79 Å². The number of hydrogen-bond acceptors (Lipinski definition) is 3. The molecule has 0 fully saturated rings. The molecule has 0 aromatic heterocycles. The number of carbonyl (C=O) groups excluding carboxylic acids is 1. The van der Waals surface area contributed by atoms with E-state index in [1.807, 2.05) is 26.0 Å². The first-order valence-electron chi connectivity index (χ1n) is 5.51. The molecule has 1 amide bonds. The van der Waals surface area contributed by atoms with Gasteiger partial charge < -0.3 is 15.0 Å². The molecule has 5 heteroatoms. The van der Waals surface area contributed by atoms with Gasteiger partial charge in [0.05, 0.1) is 6.61 Å². The van der Waals surface area contributed by atoms with Gasteiger partial charge in [-0.3, -0.25) is 4.79 Å². The van der Waals surface area contributed by atoms with Gasteiger partial charge in [-0.25, -0.2) is 0 Å². The van der Waals surface area contributed by atoms with Crippen molar-refractivity contribution in [2.75, 3.05) is 6.61 Å². The quantitative estimate of drug-likeness (QED) is 0.672. The Labute approximate surface area is 96.7 Å². The molecule has 0 spiro atoms. The lowest BCUT2D eigenvalue weighted by Crippen LogP contribution is -2.27. The predicted octanol–water partition coefficient (Wildman–Crippen LogP) is 0.638. The van der Waals surface area contributed by atoms with E-state index in [1.54, 1.807) is 0 Å². The van der Waals surface area contributed by atoms with Crippen molar-refractivity contribution >= 4 is 13.6 Å². The smallest absolute Gasteiger partial charge is 0.430 e. The standard InChI is InChI=1S/C11H18BNO3/c1-8(2)11(14)13-10-5-3-9(4-6-10)7-16-12-15/h3,5,8,12,15H,4,6-7H2,1-2H3,(H,13,14). The number of hydrogen-bond donors (Lipinski definition) is 2. The Morgan fingerprint density at radius 2 is 2.31 bits per heavy atom. The van der Waals surface area contributed by atoms with Gasteiger partial charge in [0.2, 0.25) is 5.91 Å². The fourth-order valence-electron chi connectivity index (χ4n) is 1.38. The molecule has 16 heavy (non-hydrogen) atoms. The van der Waals surface area contributed by atoms with Crippen LogP contribution in [-0.2, 0) is 9.45 Å². The van der Waals surface area contributed by atoms with E-state index in [1.165, 1.54) is 0 Å². The van der Waals surface area contributed by atoms with Gasteiger partial charge in [-0.2, -0.15) is 0 Å². The minimum atomic E-state index is -0.252. The highest BCUT2D eigenvalue weighted by Gasteiger charge is 2.11. The van der Waals surface area contributed by atoms with Crippen LogP contribution >= 0.6 is 0 Å². The SMILES string of the molecule is CC(C)C(=O)NC1=CC=C(COBO)CC1. The first kappa shape index (κ1) is 13.0. The Balaban J connectivity index is 2.44. The molecular formula is C11H18BNO3. The van der Waals surface area contributed by atoms with Gasteiger partial charge in [-0.1, -0.05) is 19.9 Å². The van der Waals surface area contributed by atoms with Crippen molar-refractivity contribution in [1.82, 2.24) is 5.32 Å². The van der Waals surface area contributed by atoms with Gasteiger partial charge >= 0.3 is 7.69 Å². The number of nitrogens with one attached hydrogen (secondary N) is 1. The van der Waals surface area contributed by atoms with Crippen molar-refractivity contribution in [3.8, 4) is 0 Å². The summed E-state index contributed by atoms with van der Waals surface area (Å²) in [5, 5.41) is 11.4. The Bertz CT molecular complexity index is 310. The Morgan fingerprint density at radius 1 is 1.56 bits per heavy atom. The topological polar surface area (TPSA) is 58.6 Å². The minimum Gasteiger partial charge on any atom is -0.430 e. The molecule has 1 rings (SSSR count). The second-order valence-electron chi connectivity index (χ2n) is 4.14. The molecule has 0 saturated carbocycles. The van der Waals surface area contributed by atoms with Crippen molar-refractivity contribution in [1.29, 1.82) is 0 Å². The van der Waals surface area contributed by atoms with E-state index in [4.69, 9.17) is 9.68 Å². The van der Waals surface area contributed by atoms with Crippen LogP contribution in [0.15, 0.2) is 23.4 Å². The molecule has 1 aliphatic carbocycles. The summed E-state index contributed by atoms with van der Waals surface area (Å²) >= 11 is 0. The molecule has 0 radical (unpaired) electrons. The van der Waals surface area contributed by atoms with Crippen LogP contribution in [0, 0.1) is 5.92 Å². The predicted molar refractivity (Wildman–Crippen MR) is 63.7 cm³/mol. The molecule has 0 saturated heterocycles. The number of carbonyl (C=O) groups is 1. The minimum absolute atomic E-state index is 0.00370. The molecule has 88 valence electrons. The largest absolute Gasteiger partial charge is 0.435 e. The Hall–Kier alpha value is -1.07. The van der Waals surface area contributed by atoms with Crippen LogP contribution in [0.25, 0.3) is 0 Å². The summed E-state index contributed by atoms with van der Waals surface area (Å²) in [6, 6.07) is 0. The van der Waals surface area contributed by atoms with Gasteiger partial charge in [0, 0.05) is 11.6 Å². The first-order valence-corrected chi connectivity index (χ1v) is 5.51. The van der Waals surface area contributed by atoms with Crippen molar-refractivity contribution in [3.63, 3.8) is 0 Å². The van der Waals surface area contributed by atoms with Crippen LogP contribution in [0.4, 0.5) is 0 Å². The molecule has 0 aliphatic heterocycles. The maximum atomic E-state index is 11.4. The van der Waals surface area contributed by atoms with Crippen LogP contribution in [-0.4, -0.2) is 25.2 Å². The van der Waals surface area contributed by atoms with Crippen LogP contribution < -0.4 is 5.32 Å². The maximum Gasteiger partial charge on any atom is 0.435 e. The summed E-state index contributed by atoms with van der Waals surface area (Å²) in [6.45, 7) is 4.20. The lowest BCUT2D eigenvalue weighted by atomic mass is 10.0. The zero-order chi connectivity index (χ0) is 12.0. The summed E-state index contributed by atoms with van der Waals surface area (Å²) in [5.74, 6) is 0.0544. The summed E-state index contributed by atoms with van der Waals surface area (Å²) in [7, 11) is -0.252. The fourth-order valence-corrected chi connectivity index (χ4v) is 1.38. The average Bonchev–Trinajstić information content (AvgIpc) is 2.28. The molecule has 0 bridgehead atoms. The second kappa shape index (κ2) is 6.50. The second-order valence-corrected chi connectivity index (χ2v) is 4.14. The zero-order valence-electron chi connectivity index (χ0n) is 9.82. The van der Waals surface area contributed by atoms with Gasteiger partial charge in [-0.05, 0) is 24.5 Å². The first-order chi connectivity index (χ1) is 7.63. The van der Waals surface area contributed by atoms with E-state index in [0.717, 1.165) is 24.1 Å². The molecule has 0 unspecified atom stereocenters. The molecule has 0 aromatic carbocycles. The van der Waals surface area contributed by atoms with E-state index < -0.39 is 0 Å². The van der Waals surface area contributed by atoms with Crippen molar-refractivity contribution in [2.24, 2.45) is 5.92 Å². The molecule has 0 aromatic rings. The van der Waals surface area contributed by atoms with Gasteiger partial charge in [0.25, 0.3) is 0 Å². The van der Waals surface area contributed by atoms with Gasteiger partial charge in [0.15, 0.2) is 0 Å². The highest BCUT2D eigenvalue weighted by molar-refractivity contribution is 6.15. The van der Waals surface area contributed by atoms with Crippen molar-refractivity contribution < 1.29 is 14.5 Å². The Kier molecular flexibility index (Phi) is 5.28. The average molecular weight is 223 g/mol. The highest BCUT2D eigenvalue weighted by Crippen LogP contribution is 2.16. The van der Waals surface area contributed by atoms with Crippen LogP contribution in [0.3, 0.4) is 0 Å². The van der Waals surface area contributed by atoms with E-state index >= 15 is 0 Å². The maximum absolute atomic E-state index is 11.4. The summed E-state index contributed by atoms with van der Waals surface area (Å²) in [5.41, 5.74) is 2.09. The third-order valence-corrected chi connectivity index (χ3v) is 2.42. The summed E-state index contributed by atoms with van der Waals surface area (Å²) < 4.78 is 4.90. The van der Waals surface area contributed by atoms with E-state index in [0.29, 0.717) is 6.61 Å². The third kappa shape index (κ3) is 4.20. The third-order valence-electron chi connectivity index (χ3n) is 2.42. The summed E-state index contributed by atoms with van der Waals surface area (Å²) in [6.07, 6.45) is 5.53. The molecule has 0 heterocycles. The Morgan fingerprint density at radius 3 is 2.81 bits per heavy atom. The van der Waals surface area contributed by atoms with Crippen LogP contribution in [0.5, 0.6) is 0 Å². The molecule has 1 aliphatic rings. The van der Waals surface area contributed by atoms with Crippen LogP contribution in [0.1, 0.15) is 26.7 Å². The fraction of sp³-hybridized carbons (Fsp3) is 0.545. The van der Waals surface area contributed by atoms with Gasteiger partial charge in [-0.15, -0.1) is 0 Å². The zero-order valence-corrected chi connectivity index (χ0v) is 9.82. The highest BCUT2D eigenvalue weighted by atomic mass is 16.5. The number of allylic oxidation sites excluding steroid dienone is 3. The van der Waals surface area contributed by atoms with E-state index in [2.05, 4.69) is 5.32 Å². The lowest BCUT2D eigenvalue weighted by Gasteiger charge is -2.16. The molecule has 2 N–H and O–H groups in total. The van der Waals surface area contributed by atoms with E-state index in [-0.39, 0.29) is 19.5 Å². The molecule has 0 atom stereocenters.